The molecule has 0 amide bonds. The molecule has 0 spiro atoms. The lowest BCUT2D eigenvalue weighted by atomic mass is 9.63. The lowest BCUT2D eigenvalue weighted by molar-refractivity contribution is -0.570. The molecule has 13 aromatic rings. The first kappa shape index (κ1) is 33.9. The number of rotatable bonds is 7. The van der Waals surface area contributed by atoms with E-state index in [1.54, 1.807) is 76.0 Å². The molecule has 10 aromatic carbocycles. The maximum absolute atomic E-state index is 10.6. The number of ether oxygens (including phenoxy) is 1. The first-order valence-corrected chi connectivity index (χ1v) is 28.8. The third kappa shape index (κ3) is 9.12. The van der Waals surface area contributed by atoms with Gasteiger partial charge in [0.2, 0.25) is 0 Å². The molecule has 4 heterocycles. The maximum Gasteiger partial charge on any atom is 0.269 e. The van der Waals surface area contributed by atoms with Crippen LogP contribution in [0.4, 0.5) is 0 Å². The van der Waals surface area contributed by atoms with E-state index in [4.69, 9.17) is 22.1 Å². The zero-order chi connectivity index (χ0) is 80.3. The summed E-state index contributed by atoms with van der Waals surface area (Å²) < 4.78 is 237. The minimum absolute atomic E-state index is 0.137. The van der Waals surface area contributed by atoms with E-state index < -0.39 is 116 Å². The van der Waals surface area contributed by atoms with Gasteiger partial charge < -0.3 is 4.74 Å². The lowest BCUT2D eigenvalue weighted by Crippen LogP contribution is -2.33. The molecule has 3 aromatic heterocycles. The third-order valence-corrected chi connectivity index (χ3v) is 16.8. The standard InChI is InChI=1S/C82H72N4O/c1-79(2,3)56-36-33-53(34-37-56)62-29-20-31-68-67-30-19-28-61(52-21-12-11-13-22-52)76(67)66-27-15-14-25-63(66)69-45-55(54-35-40-70-71(46-54)82(9,10)43-42-81(70,7)8)47-74-78(69)85(77(62)68)51-84(74)58-23-18-24-59(49-58)87-60-38-39-65-64-26-16-17-32-72(64)86(73(65)50-60)75-48-57(41-44-83-75)80(4,5)6/h11-41,44-50H,42-43H2,1-10H3/i7D3,8D3,9D3,10D3,11D,12D,13D,21D,22D,35D,40D,42D2,43D2,46D. The van der Waals surface area contributed by atoms with Gasteiger partial charge in [0, 0.05) is 45.0 Å². The van der Waals surface area contributed by atoms with Crippen molar-refractivity contribution >= 4 is 32.8 Å². The number of hydrogen-bond donors (Lipinski definition) is 0. The molecule has 0 saturated heterocycles. The van der Waals surface area contributed by atoms with Crippen molar-refractivity contribution in [3.8, 4) is 95.5 Å². The average Bonchev–Trinajstić information content (AvgIpc) is 1.04. The van der Waals surface area contributed by atoms with Crippen LogP contribution in [0, 0.1) is 6.33 Å². The van der Waals surface area contributed by atoms with Crippen LogP contribution >= 0.6 is 0 Å². The van der Waals surface area contributed by atoms with Gasteiger partial charge in [0.15, 0.2) is 0 Å². The van der Waals surface area contributed by atoms with E-state index in [9.17, 15) is 20.6 Å². The highest BCUT2D eigenvalue weighted by Crippen LogP contribution is 2.51. The van der Waals surface area contributed by atoms with Crippen LogP contribution in [-0.2, 0) is 21.7 Å². The van der Waals surface area contributed by atoms with Gasteiger partial charge in [0.05, 0.1) is 44.4 Å². The topological polar surface area (TPSA) is 35.9 Å². The second-order valence-corrected chi connectivity index (χ2v) is 24.5. The summed E-state index contributed by atoms with van der Waals surface area (Å²) >= 11 is 0. The van der Waals surface area contributed by atoms with Gasteiger partial charge in [-0.1, -0.05) is 233 Å². The van der Waals surface area contributed by atoms with Gasteiger partial charge in [-0.05, 0) is 178 Å². The molecule has 0 atom stereocenters. The highest BCUT2D eigenvalue weighted by molar-refractivity contribution is 6.10. The molecule has 0 fully saturated rings. The summed E-state index contributed by atoms with van der Waals surface area (Å²) in [5.74, 6) is 1.40. The van der Waals surface area contributed by atoms with E-state index in [1.807, 2.05) is 97.1 Å². The first-order valence-electron chi connectivity index (χ1n) is 40.8. The summed E-state index contributed by atoms with van der Waals surface area (Å²) in [4.78, 5) is 4.87. The summed E-state index contributed by atoms with van der Waals surface area (Å²) in [7, 11) is 0. The van der Waals surface area contributed by atoms with Crippen LogP contribution in [-0.4, -0.2) is 14.1 Å². The van der Waals surface area contributed by atoms with Crippen molar-refractivity contribution < 1.29 is 42.2 Å². The van der Waals surface area contributed by atoms with Gasteiger partial charge in [-0.15, -0.1) is 0 Å². The van der Waals surface area contributed by atoms with Crippen LogP contribution in [0.15, 0.2) is 230 Å². The first-order chi connectivity index (χ1) is 51.8. The number of hydrogen-bond acceptors (Lipinski definition) is 2. The van der Waals surface area contributed by atoms with Crippen molar-refractivity contribution in [1.29, 1.82) is 0 Å². The highest BCUT2D eigenvalue weighted by atomic mass is 16.5. The van der Waals surface area contributed by atoms with Crippen LogP contribution in [0.25, 0.3) is 117 Å². The summed E-state index contributed by atoms with van der Waals surface area (Å²) in [6.07, 6.45) is -3.71. The summed E-state index contributed by atoms with van der Waals surface area (Å²) in [6, 6.07) is 46.4. The predicted molar refractivity (Wildman–Crippen MR) is 361 cm³/mol. The van der Waals surface area contributed by atoms with Gasteiger partial charge in [-0.25, -0.2) is 4.98 Å². The van der Waals surface area contributed by atoms with Gasteiger partial charge >= 0.3 is 0 Å². The lowest BCUT2D eigenvalue weighted by Gasteiger charge is -2.42. The van der Waals surface area contributed by atoms with Crippen LogP contribution in [0.1, 0.15) is 137 Å². The minimum atomic E-state index is -4.61. The van der Waals surface area contributed by atoms with Crippen LogP contribution in [0.3, 0.4) is 0 Å². The Labute approximate surface area is 545 Å². The van der Waals surface area contributed by atoms with Crippen molar-refractivity contribution in [2.24, 2.45) is 0 Å². The molecule has 0 bridgehead atoms. The van der Waals surface area contributed by atoms with E-state index in [-0.39, 0.29) is 38.6 Å². The van der Waals surface area contributed by atoms with E-state index >= 15 is 0 Å². The number of pyridine rings is 1. The Bertz CT molecular complexity index is 6030. The fourth-order valence-corrected chi connectivity index (χ4v) is 12.4. The predicted octanol–water partition coefficient (Wildman–Crippen LogP) is 21.3. The Kier molecular flexibility index (Phi) is 7.80. The molecular weight excluding hydrogens is 1060 g/mol. The molecule has 5 nitrogen and oxygen atoms in total. The van der Waals surface area contributed by atoms with Gasteiger partial charge in [0.25, 0.3) is 6.33 Å². The highest BCUT2D eigenvalue weighted by Gasteiger charge is 2.38. The zero-order valence-electron chi connectivity index (χ0n) is 72.5. The minimum Gasteiger partial charge on any atom is -0.458 e. The number of para-hydroxylation sites is 2. The summed E-state index contributed by atoms with van der Waals surface area (Å²) in [6.45, 7) is -4.64. The fourth-order valence-electron chi connectivity index (χ4n) is 12.4. The van der Waals surface area contributed by atoms with Crippen molar-refractivity contribution in [2.45, 2.75) is 103 Å². The van der Waals surface area contributed by atoms with E-state index in [0.717, 1.165) is 32.9 Å². The molecule has 426 valence electrons. The van der Waals surface area contributed by atoms with Gasteiger partial charge in [-0.3, -0.25) is 13.7 Å². The van der Waals surface area contributed by atoms with Crippen molar-refractivity contribution in [2.75, 3.05) is 0 Å². The molecule has 0 saturated carbocycles. The molecular formula is C82H72N4O. The Balaban J connectivity index is 1.10. The largest absolute Gasteiger partial charge is 0.458 e. The molecule has 1 aliphatic heterocycles. The number of aromatic nitrogens is 4. The van der Waals surface area contributed by atoms with E-state index in [0.29, 0.717) is 73.2 Å². The van der Waals surface area contributed by atoms with Crippen molar-refractivity contribution in [1.82, 2.24) is 14.1 Å². The van der Waals surface area contributed by atoms with Crippen molar-refractivity contribution in [3.63, 3.8) is 0 Å². The molecule has 1 aliphatic carbocycles. The monoisotopic (exact) mass is 1150 g/mol. The van der Waals surface area contributed by atoms with E-state index in [2.05, 4.69) is 58.5 Å². The molecule has 0 N–H and O–H groups in total. The second-order valence-electron chi connectivity index (χ2n) is 24.5. The average molecular weight is 1150 g/mol. The zero-order valence-corrected chi connectivity index (χ0v) is 48.5. The maximum atomic E-state index is 10.6. The Morgan fingerprint density at radius 2 is 1.20 bits per heavy atom. The molecule has 15 rings (SSSR count). The van der Waals surface area contributed by atoms with Gasteiger partial charge in [-0.2, -0.15) is 0 Å². The van der Waals surface area contributed by atoms with Crippen LogP contribution < -0.4 is 9.30 Å². The second kappa shape index (κ2) is 20.0. The van der Waals surface area contributed by atoms with E-state index in [1.165, 1.54) is 12.1 Å². The molecule has 0 unspecified atom stereocenters. The number of benzene rings is 10. The normalized spacial score (nSPS) is 19.9. The molecule has 5 heteroatoms. The summed E-state index contributed by atoms with van der Waals surface area (Å²) in [5, 5.41) is 1.89. The SMILES string of the molecule is [2H]c1c([2H])c([2H])c(-c2cccc3c2-c2ccccc2-c2cc(-c4c([2H])c([2H])c5c(c4[2H])C(C([2H])([2H])[2H])(C([2H])([2H])[2H])C([2H])([2H])C([2H])([2H])C5(C([2H])([2H])[2H])C([2H])([2H])[2H])cc4c2[n+]([c-]n4-c2cccc(Oc4ccc5c6ccccc6n(-c6cc(C(C)(C)C)ccn6)c5c4)c2)-c2c(-c4ccc(C(C)(C)C)cc4)cccc2-3)c([2H])c1[2H]. The summed E-state index contributed by atoms with van der Waals surface area (Å²) in [5.41, 5.74) is -5.16. The molecule has 0 radical (unpaired) electrons. The smallest absolute Gasteiger partial charge is 0.269 e. The number of nitrogens with zero attached hydrogens (tertiary/aromatic N) is 4. The Morgan fingerprint density at radius 3 is 1.98 bits per heavy atom. The Hall–Kier alpha value is -9.58. The number of imidazole rings is 1. The number of fused-ring (bicyclic) bond motifs is 11. The Morgan fingerprint density at radius 1 is 0.517 bits per heavy atom. The fraction of sp³-hybridized carbons (Fsp3) is 0.195. The van der Waals surface area contributed by atoms with Crippen LogP contribution in [0.2, 0.25) is 0 Å². The quantitative estimate of drug-likeness (QED) is 0.118. The molecule has 2 aliphatic rings. The van der Waals surface area contributed by atoms with Crippen molar-refractivity contribution in [3.05, 3.63) is 259 Å². The third-order valence-electron chi connectivity index (χ3n) is 16.8. The van der Waals surface area contributed by atoms with Gasteiger partial charge in [0.1, 0.15) is 17.3 Å². The van der Waals surface area contributed by atoms with Crippen LogP contribution in [0.5, 0.6) is 11.5 Å². The molecule has 87 heavy (non-hydrogen) atoms.